The van der Waals surface area contributed by atoms with E-state index in [0.29, 0.717) is 17.8 Å². The maximum Gasteiger partial charge on any atom is 0.257 e. The van der Waals surface area contributed by atoms with E-state index >= 15 is 0 Å². The minimum absolute atomic E-state index is 0.0427. The molecule has 1 unspecified atom stereocenters. The monoisotopic (exact) mass is 277 g/mol. The average molecular weight is 277 g/mol. The predicted molar refractivity (Wildman–Crippen MR) is 76.6 cm³/mol. The fraction of sp³-hybridized carbons (Fsp3) is 0.429. The lowest BCUT2D eigenvalue weighted by atomic mass is 10.1. The zero-order chi connectivity index (χ0) is 14.7. The molecule has 0 fully saturated rings. The highest BCUT2D eigenvalue weighted by Crippen LogP contribution is 2.33. The van der Waals surface area contributed by atoms with Crippen molar-refractivity contribution in [3.05, 3.63) is 23.8 Å². The molecule has 1 aliphatic rings. The zero-order valence-corrected chi connectivity index (χ0v) is 11.6. The summed E-state index contributed by atoms with van der Waals surface area (Å²) in [4.78, 5) is 24.8. The Morgan fingerprint density at radius 2 is 2.25 bits per heavy atom. The summed E-state index contributed by atoms with van der Waals surface area (Å²) in [6.45, 7) is 2.91. The van der Waals surface area contributed by atoms with Gasteiger partial charge in [0.15, 0.2) is 6.10 Å². The number of amides is 2. The molecule has 1 atom stereocenters. The fourth-order valence-corrected chi connectivity index (χ4v) is 2.10. The van der Waals surface area contributed by atoms with E-state index < -0.39 is 12.0 Å². The molecule has 0 aromatic heterocycles. The number of anilines is 2. The van der Waals surface area contributed by atoms with Crippen molar-refractivity contribution < 1.29 is 14.7 Å². The van der Waals surface area contributed by atoms with Gasteiger partial charge in [0, 0.05) is 30.5 Å². The third kappa shape index (κ3) is 2.91. The number of hydrogen-bond donors (Lipinski definition) is 3. The molecule has 6 nitrogen and oxygen atoms in total. The zero-order valence-electron chi connectivity index (χ0n) is 11.6. The molecule has 0 spiro atoms. The molecule has 0 radical (unpaired) electrons. The van der Waals surface area contributed by atoms with E-state index in [2.05, 4.69) is 10.6 Å². The van der Waals surface area contributed by atoms with Crippen molar-refractivity contribution in [1.82, 2.24) is 5.32 Å². The van der Waals surface area contributed by atoms with E-state index in [-0.39, 0.29) is 12.5 Å². The Balaban J connectivity index is 2.05. The number of hydrogen-bond acceptors (Lipinski definition) is 4. The van der Waals surface area contributed by atoms with Gasteiger partial charge in [-0.15, -0.1) is 0 Å². The minimum atomic E-state index is -1.10. The van der Waals surface area contributed by atoms with Gasteiger partial charge in [0.25, 0.3) is 5.91 Å². The molecule has 1 aromatic rings. The quantitative estimate of drug-likeness (QED) is 0.737. The molecule has 2 rings (SSSR count). The topological polar surface area (TPSA) is 81.7 Å². The van der Waals surface area contributed by atoms with Crippen LogP contribution in [0.5, 0.6) is 0 Å². The number of carbonyl (C=O) groups excluding carboxylic acids is 2. The van der Waals surface area contributed by atoms with Crippen LogP contribution in [0.15, 0.2) is 18.2 Å². The van der Waals surface area contributed by atoms with E-state index in [4.69, 9.17) is 0 Å². The van der Waals surface area contributed by atoms with E-state index in [9.17, 15) is 14.7 Å². The number of likely N-dealkylation sites (N-methyl/N-ethyl adjacent to an activating group) is 1. The Morgan fingerprint density at radius 1 is 1.50 bits per heavy atom. The Bertz CT molecular complexity index is 530. The SMILES string of the molecule is CCCNC(=O)CN(C)c1ccc2c(c1)NC(=O)C2O. The molecule has 108 valence electrons. The van der Waals surface area contributed by atoms with Gasteiger partial charge in [-0.1, -0.05) is 13.0 Å². The Labute approximate surface area is 117 Å². The van der Waals surface area contributed by atoms with E-state index in [1.165, 1.54) is 0 Å². The molecule has 1 heterocycles. The van der Waals surface area contributed by atoms with E-state index in [1.54, 1.807) is 30.1 Å². The van der Waals surface area contributed by atoms with Gasteiger partial charge < -0.3 is 20.6 Å². The predicted octanol–water partition coefficient (Wildman–Crippen LogP) is 0.634. The first-order chi connectivity index (χ1) is 9.52. The second-order valence-corrected chi connectivity index (χ2v) is 4.87. The number of nitrogens with zero attached hydrogens (tertiary/aromatic N) is 1. The van der Waals surface area contributed by atoms with Crippen LogP contribution in [0, 0.1) is 0 Å². The van der Waals surface area contributed by atoms with Gasteiger partial charge in [0.05, 0.1) is 6.54 Å². The highest BCUT2D eigenvalue weighted by molar-refractivity contribution is 6.02. The molecule has 1 aliphatic heterocycles. The van der Waals surface area contributed by atoms with Crippen LogP contribution in [0.2, 0.25) is 0 Å². The van der Waals surface area contributed by atoms with Gasteiger partial charge in [-0.2, -0.15) is 0 Å². The molecule has 0 saturated heterocycles. The Hall–Kier alpha value is -2.08. The highest BCUT2D eigenvalue weighted by Gasteiger charge is 2.28. The second kappa shape index (κ2) is 5.92. The summed E-state index contributed by atoms with van der Waals surface area (Å²) in [5, 5.41) is 15.1. The van der Waals surface area contributed by atoms with Crippen LogP contribution in [-0.2, 0) is 9.59 Å². The first kappa shape index (κ1) is 14.3. The second-order valence-electron chi connectivity index (χ2n) is 4.87. The third-order valence-electron chi connectivity index (χ3n) is 3.23. The number of aliphatic hydroxyl groups is 1. The fourth-order valence-electron chi connectivity index (χ4n) is 2.10. The Morgan fingerprint density at radius 3 is 2.95 bits per heavy atom. The number of carbonyl (C=O) groups is 2. The third-order valence-corrected chi connectivity index (χ3v) is 3.23. The van der Waals surface area contributed by atoms with Gasteiger partial charge in [0.1, 0.15) is 0 Å². The number of fused-ring (bicyclic) bond motifs is 1. The molecule has 2 amide bonds. The largest absolute Gasteiger partial charge is 0.378 e. The maximum absolute atomic E-state index is 11.7. The standard InChI is InChI=1S/C14H19N3O3/c1-3-6-15-12(18)8-17(2)9-4-5-10-11(7-9)16-14(20)13(10)19/h4-5,7,13,19H,3,6,8H2,1-2H3,(H,15,18)(H,16,20). The van der Waals surface area contributed by atoms with Crippen LogP contribution in [0.25, 0.3) is 0 Å². The lowest BCUT2D eigenvalue weighted by molar-refractivity contribution is -0.123. The molecule has 0 bridgehead atoms. The average Bonchev–Trinajstić information content (AvgIpc) is 2.71. The normalized spacial score (nSPS) is 16.6. The van der Waals surface area contributed by atoms with Crippen LogP contribution in [0.4, 0.5) is 11.4 Å². The smallest absolute Gasteiger partial charge is 0.257 e. The summed E-state index contributed by atoms with van der Waals surface area (Å²) in [6.07, 6.45) is -0.199. The molecule has 20 heavy (non-hydrogen) atoms. The maximum atomic E-state index is 11.7. The van der Waals surface area contributed by atoms with Gasteiger partial charge in [-0.3, -0.25) is 9.59 Å². The summed E-state index contributed by atoms with van der Waals surface area (Å²) < 4.78 is 0. The summed E-state index contributed by atoms with van der Waals surface area (Å²) in [7, 11) is 1.81. The number of aliphatic hydroxyl groups excluding tert-OH is 1. The first-order valence-electron chi connectivity index (χ1n) is 6.63. The highest BCUT2D eigenvalue weighted by atomic mass is 16.3. The van der Waals surface area contributed by atoms with Gasteiger partial charge in [-0.25, -0.2) is 0 Å². The van der Waals surface area contributed by atoms with Crippen LogP contribution >= 0.6 is 0 Å². The van der Waals surface area contributed by atoms with Crippen molar-refractivity contribution in [3.63, 3.8) is 0 Å². The van der Waals surface area contributed by atoms with Crippen molar-refractivity contribution in [2.24, 2.45) is 0 Å². The number of benzene rings is 1. The van der Waals surface area contributed by atoms with E-state index in [1.807, 2.05) is 6.92 Å². The van der Waals surface area contributed by atoms with Crippen molar-refractivity contribution >= 4 is 23.2 Å². The number of nitrogens with one attached hydrogen (secondary N) is 2. The summed E-state index contributed by atoms with van der Waals surface area (Å²) in [5.41, 5.74) is 1.98. The molecule has 0 saturated carbocycles. The number of rotatable bonds is 5. The van der Waals surface area contributed by atoms with Crippen LogP contribution < -0.4 is 15.5 Å². The van der Waals surface area contributed by atoms with Gasteiger partial charge >= 0.3 is 0 Å². The van der Waals surface area contributed by atoms with Crippen LogP contribution in [0.3, 0.4) is 0 Å². The van der Waals surface area contributed by atoms with Crippen LogP contribution in [-0.4, -0.2) is 37.1 Å². The van der Waals surface area contributed by atoms with Gasteiger partial charge in [-0.05, 0) is 18.6 Å². The molecule has 6 heteroatoms. The molecular formula is C14H19N3O3. The van der Waals surface area contributed by atoms with Crippen molar-refractivity contribution in [2.75, 3.05) is 30.4 Å². The molecule has 3 N–H and O–H groups in total. The lowest BCUT2D eigenvalue weighted by Crippen LogP contribution is -2.35. The minimum Gasteiger partial charge on any atom is -0.378 e. The van der Waals surface area contributed by atoms with Crippen molar-refractivity contribution in [1.29, 1.82) is 0 Å². The molecule has 1 aromatic carbocycles. The van der Waals surface area contributed by atoms with Crippen molar-refractivity contribution in [2.45, 2.75) is 19.4 Å². The lowest BCUT2D eigenvalue weighted by Gasteiger charge is -2.19. The van der Waals surface area contributed by atoms with Crippen molar-refractivity contribution in [3.8, 4) is 0 Å². The molecule has 0 aliphatic carbocycles. The van der Waals surface area contributed by atoms with E-state index in [0.717, 1.165) is 12.1 Å². The van der Waals surface area contributed by atoms with Gasteiger partial charge in [0.2, 0.25) is 5.91 Å². The summed E-state index contributed by atoms with van der Waals surface area (Å²) >= 11 is 0. The summed E-state index contributed by atoms with van der Waals surface area (Å²) in [6, 6.07) is 5.25. The summed E-state index contributed by atoms with van der Waals surface area (Å²) in [5.74, 6) is -0.459. The Kier molecular flexibility index (Phi) is 4.24. The molecular weight excluding hydrogens is 258 g/mol. The van der Waals surface area contributed by atoms with Crippen LogP contribution in [0.1, 0.15) is 25.0 Å². The first-order valence-corrected chi connectivity index (χ1v) is 6.63.